The minimum atomic E-state index is -0.157. The molecule has 130 valence electrons. The lowest BCUT2D eigenvalue weighted by Gasteiger charge is -2.21. The Morgan fingerprint density at radius 1 is 1.28 bits per heavy atom. The van der Waals surface area contributed by atoms with Crippen molar-refractivity contribution in [2.75, 3.05) is 19.0 Å². The van der Waals surface area contributed by atoms with Crippen molar-refractivity contribution in [3.63, 3.8) is 0 Å². The molecule has 5 nitrogen and oxygen atoms in total. The third-order valence-electron chi connectivity index (χ3n) is 4.05. The van der Waals surface area contributed by atoms with E-state index < -0.39 is 0 Å². The largest absolute Gasteiger partial charge is 0.496 e. The van der Waals surface area contributed by atoms with Gasteiger partial charge in [-0.15, -0.1) is 11.8 Å². The normalized spacial score (nSPS) is 15.9. The molecule has 2 N–H and O–H groups in total. The number of fused-ring (bicyclic) bond motifs is 1. The number of hydrogen-bond acceptors (Lipinski definition) is 4. The maximum atomic E-state index is 12.4. The number of nitrogens with one attached hydrogen (secondary N) is 2. The van der Waals surface area contributed by atoms with Crippen LogP contribution < -0.4 is 15.4 Å². The molecule has 0 saturated carbocycles. The fourth-order valence-corrected chi connectivity index (χ4v) is 3.60. The summed E-state index contributed by atoms with van der Waals surface area (Å²) in [6.07, 6.45) is 0.685. The van der Waals surface area contributed by atoms with Crippen molar-refractivity contribution in [3.8, 4) is 5.75 Å². The molecule has 0 saturated heterocycles. The summed E-state index contributed by atoms with van der Waals surface area (Å²) in [4.78, 5) is 25.1. The van der Waals surface area contributed by atoms with Crippen molar-refractivity contribution < 1.29 is 14.3 Å². The summed E-state index contributed by atoms with van der Waals surface area (Å²) in [6.45, 7) is 2.37. The Morgan fingerprint density at radius 2 is 2.08 bits per heavy atom. The van der Waals surface area contributed by atoms with Crippen LogP contribution in [0.4, 0.5) is 5.69 Å². The van der Waals surface area contributed by atoms with E-state index in [9.17, 15) is 9.59 Å². The zero-order valence-electron chi connectivity index (χ0n) is 14.2. The van der Waals surface area contributed by atoms with Crippen LogP contribution in [0.5, 0.6) is 5.75 Å². The molecule has 3 rings (SSSR count). The van der Waals surface area contributed by atoms with Gasteiger partial charge in [-0.2, -0.15) is 0 Å². The maximum absolute atomic E-state index is 12.4. The van der Waals surface area contributed by atoms with Gasteiger partial charge in [0.05, 0.1) is 18.0 Å². The molecule has 2 amide bonds. The summed E-state index contributed by atoms with van der Waals surface area (Å²) in [5.41, 5.74) is 2.29. The number of ether oxygens (including phenoxy) is 1. The number of rotatable bonds is 5. The molecule has 1 unspecified atom stereocenters. The van der Waals surface area contributed by atoms with E-state index in [1.165, 1.54) is 11.8 Å². The van der Waals surface area contributed by atoms with E-state index in [0.717, 1.165) is 16.2 Å². The van der Waals surface area contributed by atoms with Gasteiger partial charge >= 0.3 is 0 Å². The Labute approximate surface area is 151 Å². The standard InChI is InChI=1S/C19H20N2O3S/c1-12-18(22)21-15-11-14(7-8-17(15)25-12)19(23)20-10-9-13-5-3-4-6-16(13)24-2/h3-8,11-12H,9-10H2,1-2H3,(H,20,23)(H,21,22). The third kappa shape index (κ3) is 3.96. The summed E-state index contributed by atoms with van der Waals surface area (Å²) in [7, 11) is 1.64. The molecule has 1 heterocycles. The highest BCUT2D eigenvalue weighted by Crippen LogP contribution is 2.35. The van der Waals surface area contributed by atoms with Crippen molar-refractivity contribution in [1.82, 2.24) is 5.32 Å². The number of benzene rings is 2. The van der Waals surface area contributed by atoms with E-state index in [1.807, 2.05) is 37.3 Å². The van der Waals surface area contributed by atoms with Crippen molar-refractivity contribution in [2.24, 2.45) is 0 Å². The van der Waals surface area contributed by atoms with Crippen LogP contribution in [0.1, 0.15) is 22.8 Å². The Bertz CT molecular complexity index is 807. The Hall–Kier alpha value is -2.47. The average molecular weight is 356 g/mol. The maximum Gasteiger partial charge on any atom is 0.251 e. The van der Waals surface area contributed by atoms with Crippen LogP contribution in [0.25, 0.3) is 0 Å². The molecule has 0 aromatic heterocycles. The van der Waals surface area contributed by atoms with Gasteiger partial charge in [-0.1, -0.05) is 18.2 Å². The van der Waals surface area contributed by atoms with Crippen molar-refractivity contribution in [2.45, 2.75) is 23.5 Å². The first kappa shape index (κ1) is 17.4. The average Bonchev–Trinajstić information content (AvgIpc) is 2.62. The van der Waals surface area contributed by atoms with Crippen LogP contribution >= 0.6 is 11.8 Å². The molecule has 0 aliphatic carbocycles. The molecule has 0 radical (unpaired) electrons. The van der Waals surface area contributed by atoms with Crippen molar-refractivity contribution in [3.05, 3.63) is 53.6 Å². The predicted molar refractivity (Wildman–Crippen MR) is 99.4 cm³/mol. The lowest BCUT2D eigenvalue weighted by atomic mass is 10.1. The van der Waals surface area contributed by atoms with Gasteiger partial charge in [0.15, 0.2) is 0 Å². The minimum absolute atomic E-state index is 0.0359. The van der Waals surface area contributed by atoms with Gasteiger partial charge in [0.1, 0.15) is 5.75 Å². The SMILES string of the molecule is COc1ccccc1CCNC(=O)c1ccc2c(c1)NC(=O)C(C)S2. The highest BCUT2D eigenvalue weighted by atomic mass is 32.2. The third-order valence-corrected chi connectivity index (χ3v) is 5.22. The number of amides is 2. The van der Waals surface area contributed by atoms with Crippen LogP contribution in [0.15, 0.2) is 47.4 Å². The lowest BCUT2D eigenvalue weighted by molar-refractivity contribution is -0.115. The molecular weight excluding hydrogens is 336 g/mol. The summed E-state index contributed by atoms with van der Waals surface area (Å²) < 4.78 is 5.31. The Balaban J connectivity index is 1.62. The second kappa shape index (κ2) is 7.61. The van der Waals surface area contributed by atoms with E-state index in [2.05, 4.69) is 10.6 Å². The summed E-state index contributed by atoms with van der Waals surface area (Å²) in [5.74, 6) is 0.626. The Kier molecular flexibility index (Phi) is 5.28. The van der Waals surface area contributed by atoms with Gasteiger partial charge in [0, 0.05) is 17.0 Å². The first-order chi connectivity index (χ1) is 12.1. The number of carbonyl (C=O) groups is 2. The van der Waals surface area contributed by atoms with Crippen LogP contribution in [0.2, 0.25) is 0 Å². The summed E-state index contributed by atoms with van der Waals surface area (Å²) in [5, 5.41) is 5.64. The molecule has 2 aromatic carbocycles. The van der Waals surface area contributed by atoms with Gasteiger partial charge in [-0.05, 0) is 43.2 Å². The molecule has 0 fully saturated rings. The molecule has 25 heavy (non-hydrogen) atoms. The zero-order chi connectivity index (χ0) is 17.8. The molecule has 1 atom stereocenters. The van der Waals surface area contributed by atoms with Gasteiger partial charge in [0.2, 0.25) is 5.91 Å². The minimum Gasteiger partial charge on any atom is -0.496 e. The lowest BCUT2D eigenvalue weighted by Crippen LogP contribution is -2.28. The molecule has 1 aliphatic heterocycles. The van der Waals surface area contributed by atoms with Crippen LogP contribution in [-0.2, 0) is 11.2 Å². The van der Waals surface area contributed by atoms with Gasteiger partial charge in [-0.25, -0.2) is 0 Å². The van der Waals surface area contributed by atoms with Crippen LogP contribution in [-0.4, -0.2) is 30.7 Å². The van der Waals surface area contributed by atoms with Gasteiger partial charge in [0.25, 0.3) is 5.91 Å². The molecule has 0 bridgehead atoms. The number of carbonyl (C=O) groups excluding carboxylic acids is 2. The van der Waals surface area contributed by atoms with Crippen LogP contribution in [0.3, 0.4) is 0 Å². The number of anilines is 1. The monoisotopic (exact) mass is 356 g/mol. The van der Waals surface area contributed by atoms with E-state index in [4.69, 9.17) is 4.74 Å². The van der Waals surface area contributed by atoms with Gasteiger partial charge in [-0.3, -0.25) is 9.59 Å². The van der Waals surface area contributed by atoms with Crippen molar-refractivity contribution >= 4 is 29.3 Å². The fraction of sp³-hybridized carbons (Fsp3) is 0.263. The predicted octanol–water partition coefficient (Wildman–Crippen LogP) is 3.10. The number of para-hydroxylation sites is 1. The molecule has 1 aliphatic rings. The fourth-order valence-electron chi connectivity index (χ4n) is 2.67. The van der Waals surface area contributed by atoms with E-state index >= 15 is 0 Å². The number of hydrogen-bond donors (Lipinski definition) is 2. The number of thioether (sulfide) groups is 1. The summed E-state index contributed by atoms with van der Waals surface area (Å²) >= 11 is 1.50. The zero-order valence-corrected chi connectivity index (χ0v) is 15.0. The summed E-state index contributed by atoms with van der Waals surface area (Å²) in [6, 6.07) is 13.1. The second-order valence-corrected chi connectivity index (χ2v) is 7.16. The quantitative estimate of drug-likeness (QED) is 0.864. The van der Waals surface area contributed by atoms with Crippen molar-refractivity contribution in [1.29, 1.82) is 0 Å². The van der Waals surface area contributed by atoms with E-state index in [1.54, 1.807) is 19.2 Å². The molecule has 0 spiro atoms. The number of methoxy groups -OCH3 is 1. The Morgan fingerprint density at radius 3 is 2.88 bits per heavy atom. The van der Waals surface area contributed by atoms with Crippen LogP contribution in [0, 0.1) is 0 Å². The first-order valence-corrected chi connectivity index (χ1v) is 8.98. The highest BCUT2D eigenvalue weighted by Gasteiger charge is 2.23. The topological polar surface area (TPSA) is 67.4 Å². The molecule has 6 heteroatoms. The molecule has 2 aromatic rings. The van der Waals surface area contributed by atoms with E-state index in [0.29, 0.717) is 24.2 Å². The second-order valence-electron chi connectivity index (χ2n) is 5.78. The van der Waals surface area contributed by atoms with Gasteiger partial charge < -0.3 is 15.4 Å². The smallest absolute Gasteiger partial charge is 0.251 e. The highest BCUT2D eigenvalue weighted by molar-refractivity contribution is 8.00. The molecular formula is C19H20N2O3S. The first-order valence-electron chi connectivity index (χ1n) is 8.10. The van der Waals surface area contributed by atoms with E-state index in [-0.39, 0.29) is 17.1 Å².